The molecule has 3 rings (SSSR count). The Morgan fingerprint density at radius 1 is 1.22 bits per heavy atom. The summed E-state index contributed by atoms with van der Waals surface area (Å²) in [5, 5.41) is 4.73. The molecule has 1 aromatic carbocycles. The molecule has 0 spiro atoms. The summed E-state index contributed by atoms with van der Waals surface area (Å²) >= 11 is 0. The van der Waals surface area contributed by atoms with E-state index < -0.39 is 35.6 Å². The predicted octanol–water partition coefficient (Wildman–Crippen LogP) is 3.10. The highest BCUT2D eigenvalue weighted by Gasteiger charge is 2.33. The first-order valence-corrected chi connectivity index (χ1v) is 7.80. The Bertz CT molecular complexity index is 859. The molecule has 2 amide bonds. The van der Waals surface area contributed by atoms with E-state index in [0.717, 1.165) is 18.3 Å². The van der Waals surface area contributed by atoms with Gasteiger partial charge in [-0.1, -0.05) is 0 Å². The van der Waals surface area contributed by atoms with Crippen molar-refractivity contribution in [3.8, 4) is 5.75 Å². The number of benzene rings is 1. The van der Waals surface area contributed by atoms with Crippen LogP contribution in [0, 0.1) is 11.6 Å². The molecule has 1 aliphatic heterocycles. The van der Waals surface area contributed by atoms with Gasteiger partial charge in [0.25, 0.3) is 0 Å². The molecule has 27 heavy (non-hydrogen) atoms. The number of halogens is 5. The van der Waals surface area contributed by atoms with E-state index in [0.29, 0.717) is 6.07 Å². The van der Waals surface area contributed by atoms with Crippen LogP contribution in [0.5, 0.6) is 5.75 Å². The van der Waals surface area contributed by atoms with Gasteiger partial charge in [0.15, 0.2) is 11.6 Å². The van der Waals surface area contributed by atoms with Gasteiger partial charge in [0.05, 0.1) is 24.8 Å². The van der Waals surface area contributed by atoms with Crippen LogP contribution in [0.3, 0.4) is 0 Å². The van der Waals surface area contributed by atoms with E-state index in [4.69, 9.17) is 4.74 Å². The van der Waals surface area contributed by atoms with Crippen LogP contribution in [0.25, 0.3) is 0 Å². The van der Waals surface area contributed by atoms with Crippen molar-refractivity contribution in [1.82, 2.24) is 20.6 Å². The van der Waals surface area contributed by atoms with Gasteiger partial charge in [-0.25, -0.2) is 23.5 Å². The third kappa shape index (κ3) is 4.23. The first-order valence-electron chi connectivity index (χ1n) is 7.80. The van der Waals surface area contributed by atoms with Crippen molar-refractivity contribution in [1.29, 1.82) is 0 Å². The number of hydrogen-bond donors (Lipinski definition) is 2. The molecule has 0 fully saturated rings. The van der Waals surface area contributed by atoms with Crippen molar-refractivity contribution in [2.45, 2.75) is 25.2 Å². The number of amides is 2. The van der Waals surface area contributed by atoms with Crippen molar-refractivity contribution in [3.05, 3.63) is 53.1 Å². The molecule has 1 atom stereocenters. The summed E-state index contributed by atoms with van der Waals surface area (Å²) in [5.41, 5.74) is -1.25. The molecule has 1 aliphatic rings. The lowest BCUT2D eigenvalue weighted by Crippen LogP contribution is -2.40. The summed E-state index contributed by atoms with van der Waals surface area (Å²) < 4.78 is 70.7. The average Bonchev–Trinajstić information content (AvgIpc) is 2.63. The van der Waals surface area contributed by atoms with Gasteiger partial charge in [0.1, 0.15) is 17.3 Å². The van der Waals surface area contributed by atoms with Crippen LogP contribution in [-0.4, -0.2) is 22.6 Å². The number of carbonyl (C=O) groups is 1. The number of nitrogens with zero attached hydrogens (tertiary/aromatic N) is 2. The molecule has 1 aromatic heterocycles. The van der Waals surface area contributed by atoms with Crippen LogP contribution in [0.4, 0.5) is 26.7 Å². The summed E-state index contributed by atoms with van der Waals surface area (Å²) in [7, 11) is 0. The van der Waals surface area contributed by atoms with Gasteiger partial charge in [-0.2, -0.15) is 13.2 Å². The Hall–Kier alpha value is -2.98. The summed E-state index contributed by atoms with van der Waals surface area (Å²) in [6.45, 7) is -0.313. The molecule has 2 aromatic rings. The Morgan fingerprint density at radius 3 is 2.70 bits per heavy atom. The number of ether oxygens (including phenoxy) is 1. The average molecular weight is 388 g/mol. The fraction of sp³-hybridized carbons (Fsp3) is 0.312. The number of carbonyl (C=O) groups excluding carboxylic acids is 1. The molecule has 0 unspecified atom stereocenters. The molecule has 0 bridgehead atoms. The number of nitrogens with one attached hydrogen (secondary N) is 2. The van der Waals surface area contributed by atoms with Gasteiger partial charge < -0.3 is 15.4 Å². The Balaban J connectivity index is 1.66. The SMILES string of the molecule is O=C(NCc1nccc(C(F)(F)F)n1)N[C@@H]1CCOc2c(F)ccc(F)c21. The summed E-state index contributed by atoms with van der Waals surface area (Å²) in [6.07, 6.45) is -3.51. The Morgan fingerprint density at radius 2 is 1.96 bits per heavy atom. The summed E-state index contributed by atoms with van der Waals surface area (Å²) in [6, 6.07) is 0.900. The van der Waals surface area contributed by atoms with Crippen LogP contribution in [0.1, 0.15) is 29.5 Å². The zero-order chi connectivity index (χ0) is 19.6. The molecule has 144 valence electrons. The highest BCUT2D eigenvalue weighted by Crippen LogP contribution is 2.36. The van der Waals surface area contributed by atoms with Crippen LogP contribution >= 0.6 is 0 Å². The molecule has 11 heteroatoms. The van der Waals surface area contributed by atoms with E-state index >= 15 is 0 Å². The number of urea groups is 1. The minimum atomic E-state index is -4.63. The molecule has 0 radical (unpaired) electrons. The second-order valence-corrected chi connectivity index (χ2v) is 5.64. The second-order valence-electron chi connectivity index (χ2n) is 5.64. The van der Waals surface area contributed by atoms with Gasteiger partial charge in [-0.05, 0) is 18.2 Å². The maximum Gasteiger partial charge on any atom is 0.433 e. The molecule has 0 saturated carbocycles. The summed E-state index contributed by atoms with van der Waals surface area (Å²) in [4.78, 5) is 19.0. The lowest BCUT2D eigenvalue weighted by atomic mass is 9.99. The first kappa shape index (κ1) is 18.8. The summed E-state index contributed by atoms with van der Waals surface area (Å²) in [5.74, 6) is -2.01. The quantitative estimate of drug-likeness (QED) is 0.793. The lowest BCUT2D eigenvalue weighted by molar-refractivity contribution is -0.141. The molecule has 6 nitrogen and oxygen atoms in total. The monoisotopic (exact) mass is 388 g/mol. The van der Waals surface area contributed by atoms with Crippen molar-refractivity contribution in [2.75, 3.05) is 6.61 Å². The third-order valence-corrected chi connectivity index (χ3v) is 3.80. The fourth-order valence-electron chi connectivity index (χ4n) is 2.60. The largest absolute Gasteiger partial charge is 0.490 e. The van der Waals surface area contributed by atoms with Gasteiger partial charge >= 0.3 is 12.2 Å². The van der Waals surface area contributed by atoms with E-state index in [1.807, 2.05) is 0 Å². The van der Waals surface area contributed by atoms with Gasteiger partial charge in [-0.15, -0.1) is 0 Å². The van der Waals surface area contributed by atoms with Crippen molar-refractivity contribution < 1.29 is 31.5 Å². The number of rotatable bonds is 3. The lowest BCUT2D eigenvalue weighted by Gasteiger charge is -2.27. The van der Waals surface area contributed by atoms with Crippen LogP contribution < -0.4 is 15.4 Å². The molecular formula is C16H13F5N4O2. The Labute approximate surface area is 149 Å². The predicted molar refractivity (Wildman–Crippen MR) is 81.6 cm³/mol. The Kier molecular flexibility index (Phi) is 5.10. The first-order chi connectivity index (χ1) is 12.8. The minimum absolute atomic E-state index is 0.0645. The van der Waals surface area contributed by atoms with Crippen LogP contribution in [0.2, 0.25) is 0 Å². The van der Waals surface area contributed by atoms with Crippen molar-refractivity contribution in [2.24, 2.45) is 0 Å². The van der Waals surface area contributed by atoms with E-state index in [1.165, 1.54) is 0 Å². The normalized spacial score (nSPS) is 16.3. The van der Waals surface area contributed by atoms with Crippen molar-refractivity contribution >= 4 is 6.03 Å². The second kappa shape index (κ2) is 7.33. The fourth-order valence-corrected chi connectivity index (χ4v) is 2.60. The zero-order valence-corrected chi connectivity index (χ0v) is 13.6. The van der Waals surface area contributed by atoms with E-state index in [9.17, 15) is 26.7 Å². The molecule has 2 heterocycles. The number of aromatic nitrogens is 2. The van der Waals surface area contributed by atoms with Crippen LogP contribution in [-0.2, 0) is 12.7 Å². The van der Waals surface area contributed by atoms with Gasteiger partial charge in [0, 0.05) is 12.6 Å². The number of alkyl halides is 3. The third-order valence-electron chi connectivity index (χ3n) is 3.80. The minimum Gasteiger partial charge on any atom is -0.490 e. The topological polar surface area (TPSA) is 76.1 Å². The maximum atomic E-state index is 14.0. The molecule has 0 saturated heterocycles. The van der Waals surface area contributed by atoms with E-state index in [-0.39, 0.29) is 36.7 Å². The number of hydrogen-bond acceptors (Lipinski definition) is 4. The smallest absolute Gasteiger partial charge is 0.433 e. The highest BCUT2D eigenvalue weighted by atomic mass is 19.4. The number of fused-ring (bicyclic) bond motifs is 1. The van der Waals surface area contributed by atoms with Gasteiger partial charge in [0.2, 0.25) is 0 Å². The van der Waals surface area contributed by atoms with E-state index in [2.05, 4.69) is 20.6 Å². The molecule has 2 N–H and O–H groups in total. The van der Waals surface area contributed by atoms with Crippen LogP contribution in [0.15, 0.2) is 24.4 Å². The van der Waals surface area contributed by atoms with Crippen molar-refractivity contribution in [3.63, 3.8) is 0 Å². The molecular weight excluding hydrogens is 375 g/mol. The maximum absolute atomic E-state index is 14.0. The zero-order valence-electron chi connectivity index (χ0n) is 13.6. The van der Waals surface area contributed by atoms with Gasteiger partial charge in [-0.3, -0.25) is 0 Å². The standard InChI is InChI=1S/C16H13F5N4O2/c17-8-1-2-9(18)14-13(8)10(4-6-27-14)24-15(26)23-7-12-22-5-3-11(25-12)16(19,20)21/h1-3,5,10H,4,6-7H2,(H2,23,24,26)/t10-/m1/s1. The molecule has 0 aliphatic carbocycles. The highest BCUT2D eigenvalue weighted by molar-refractivity contribution is 5.74. The van der Waals surface area contributed by atoms with E-state index in [1.54, 1.807) is 0 Å².